The number of nitrogens with zero attached hydrogens (tertiary/aromatic N) is 1. The number of phenolic OH excluding ortho intramolecular Hbond substituents is 1. The molecule has 0 radical (unpaired) electrons. The molecule has 1 aliphatic heterocycles. The number of carbonyl (C=O) groups excluding carboxylic acids is 2. The molecule has 1 aliphatic rings. The molecule has 4 aromatic rings. The Morgan fingerprint density at radius 2 is 1.76 bits per heavy atom. The minimum absolute atomic E-state index is 0.00723. The van der Waals surface area contributed by atoms with E-state index in [1.54, 1.807) is 31.4 Å². The van der Waals surface area contributed by atoms with Gasteiger partial charge in [0.1, 0.15) is 11.5 Å². The second kappa shape index (κ2) is 9.97. The fourth-order valence-electron chi connectivity index (χ4n) is 4.92. The number of rotatable bonds is 7. The van der Waals surface area contributed by atoms with E-state index in [0.29, 0.717) is 23.3 Å². The average Bonchev–Trinajstić information content (AvgIpc) is 3.45. The maximum absolute atomic E-state index is 13.4. The zero-order chi connectivity index (χ0) is 27.0. The van der Waals surface area contributed by atoms with Gasteiger partial charge in [0.25, 0.3) is 11.7 Å². The van der Waals surface area contributed by atoms with Gasteiger partial charge in [0.05, 0.1) is 25.8 Å². The molecule has 0 spiro atoms. The van der Waals surface area contributed by atoms with Crippen molar-refractivity contribution in [2.24, 2.45) is 0 Å². The summed E-state index contributed by atoms with van der Waals surface area (Å²) in [7, 11) is 3.03. The number of benzene rings is 3. The van der Waals surface area contributed by atoms with Gasteiger partial charge in [-0.05, 0) is 54.8 Å². The quantitative estimate of drug-likeness (QED) is 0.185. The standard InChI is InChI=1S/C30H28N2O6/c1-17-4-6-18(7-5-17)28(34)26-27(19-8-11-24(33)25(14-19)38-3)32(30(36)29(26)35)13-12-20-16-31-23-10-9-21(37-2)15-22(20)23/h4-11,14-16,27,31,33-34H,12-13H2,1-3H3/t27-/m1/s1. The molecule has 1 saturated heterocycles. The number of likely N-dealkylation sites (tertiary alicyclic amines) is 1. The number of phenols is 1. The third-order valence-corrected chi connectivity index (χ3v) is 6.98. The van der Waals surface area contributed by atoms with E-state index in [1.165, 1.54) is 18.1 Å². The summed E-state index contributed by atoms with van der Waals surface area (Å²) in [5, 5.41) is 22.4. The molecule has 38 heavy (non-hydrogen) atoms. The van der Waals surface area contributed by atoms with E-state index in [4.69, 9.17) is 9.47 Å². The number of Topliss-reactive ketones (excluding diaryl/α,β-unsaturated/α-hetero) is 1. The average molecular weight is 513 g/mol. The fourth-order valence-corrected chi connectivity index (χ4v) is 4.92. The van der Waals surface area contributed by atoms with Crippen molar-refractivity contribution in [1.29, 1.82) is 0 Å². The number of ether oxygens (including phenoxy) is 2. The van der Waals surface area contributed by atoms with Crippen molar-refractivity contribution in [3.63, 3.8) is 0 Å². The first-order chi connectivity index (χ1) is 18.3. The normalized spacial score (nSPS) is 16.8. The topological polar surface area (TPSA) is 112 Å². The number of carbonyl (C=O) groups is 2. The molecule has 0 unspecified atom stereocenters. The lowest BCUT2D eigenvalue weighted by Crippen LogP contribution is -2.31. The van der Waals surface area contributed by atoms with Crippen molar-refractivity contribution in [3.8, 4) is 17.2 Å². The molecule has 0 bridgehead atoms. The summed E-state index contributed by atoms with van der Waals surface area (Å²) in [6.45, 7) is 2.14. The van der Waals surface area contributed by atoms with Crippen LogP contribution in [0.2, 0.25) is 0 Å². The maximum Gasteiger partial charge on any atom is 0.295 e. The molecule has 8 heteroatoms. The van der Waals surface area contributed by atoms with Gasteiger partial charge in [0, 0.05) is 29.2 Å². The van der Waals surface area contributed by atoms with E-state index in [0.717, 1.165) is 22.0 Å². The van der Waals surface area contributed by atoms with Crippen molar-refractivity contribution >= 4 is 28.4 Å². The van der Waals surface area contributed by atoms with Crippen LogP contribution >= 0.6 is 0 Å². The van der Waals surface area contributed by atoms with Crippen LogP contribution in [-0.2, 0) is 16.0 Å². The second-order valence-corrected chi connectivity index (χ2v) is 9.27. The highest BCUT2D eigenvalue weighted by molar-refractivity contribution is 6.46. The Bertz CT molecular complexity index is 1570. The largest absolute Gasteiger partial charge is 0.507 e. The minimum atomic E-state index is -0.870. The molecule has 8 nitrogen and oxygen atoms in total. The highest BCUT2D eigenvalue weighted by Crippen LogP contribution is 2.42. The summed E-state index contributed by atoms with van der Waals surface area (Å²) < 4.78 is 10.6. The zero-order valence-corrected chi connectivity index (χ0v) is 21.3. The number of amides is 1. The summed E-state index contributed by atoms with van der Waals surface area (Å²) in [4.78, 5) is 31.4. The van der Waals surface area contributed by atoms with Gasteiger partial charge in [-0.2, -0.15) is 0 Å². The number of methoxy groups -OCH3 is 2. The van der Waals surface area contributed by atoms with Gasteiger partial charge < -0.3 is 29.6 Å². The Balaban J connectivity index is 1.58. The fraction of sp³-hybridized carbons (Fsp3) is 0.200. The van der Waals surface area contributed by atoms with Crippen molar-refractivity contribution in [2.45, 2.75) is 19.4 Å². The summed E-state index contributed by atoms with van der Waals surface area (Å²) in [6, 6.07) is 16.6. The SMILES string of the molecule is COc1ccc2[nH]cc(CCN3C(=O)C(=O)C(=C(O)c4ccc(C)cc4)[C@H]3c3ccc(O)c(OC)c3)c2c1. The Kier molecular flexibility index (Phi) is 6.55. The monoisotopic (exact) mass is 512 g/mol. The molecular formula is C30H28N2O6. The predicted octanol–water partition coefficient (Wildman–Crippen LogP) is 4.86. The first kappa shape index (κ1) is 25.0. The molecule has 3 N–H and O–H groups in total. The number of aromatic hydroxyl groups is 1. The number of ketones is 1. The van der Waals surface area contributed by atoms with Gasteiger partial charge in [-0.15, -0.1) is 0 Å². The number of fused-ring (bicyclic) bond motifs is 1. The maximum atomic E-state index is 13.4. The molecule has 1 fully saturated rings. The Hall–Kier alpha value is -4.72. The smallest absolute Gasteiger partial charge is 0.295 e. The van der Waals surface area contributed by atoms with Crippen molar-refractivity contribution in [3.05, 3.63) is 94.7 Å². The third kappa shape index (κ3) is 4.34. The number of hydrogen-bond donors (Lipinski definition) is 3. The lowest BCUT2D eigenvalue weighted by molar-refractivity contribution is -0.139. The molecule has 1 aromatic heterocycles. The zero-order valence-electron chi connectivity index (χ0n) is 21.3. The molecule has 5 rings (SSSR count). The van der Waals surface area contributed by atoms with Crippen LogP contribution in [0.25, 0.3) is 16.7 Å². The lowest BCUT2D eigenvalue weighted by atomic mass is 9.94. The van der Waals surface area contributed by atoms with Gasteiger partial charge >= 0.3 is 0 Å². The number of aromatic amines is 1. The van der Waals surface area contributed by atoms with Crippen molar-refractivity contribution < 1.29 is 29.3 Å². The van der Waals surface area contributed by atoms with Crippen LogP contribution in [0, 0.1) is 6.92 Å². The van der Waals surface area contributed by atoms with Crippen LogP contribution in [0.15, 0.2) is 72.4 Å². The lowest BCUT2D eigenvalue weighted by Gasteiger charge is -2.25. The van der Waals surface area contributed by atoms with E-state index >= 15 is 0 Å². The summed E-state index contributed by atoms with van der Waals surface area (Å²) in [5.74, 6) is -0.867. The van der Waals surface area contributed by atoms with E-state index in [2.05, 4.69) is 4.98 Å². The van der Waals surface area contributed by atoms with E-state index in [-0.39, 0.29) is 29.4 Å². The Morgan fingerprint density at radius 1 is 1.00 bits per heavy atom. The van der Waals surface area contributed by atoms with Crippen LogP contribution in [0.4, 0.5) is 0 Å². The summed E-state index contributed by atoms with van der Waals surface area (Å²) in [6.07, 6.45) is 2.34. The Labute approximate surface area is 219 Å². The van der Waals surface area contributed by atoms with Crippen LogP contribution in [0.1, 0.15) is 28.3 Å². The van der Waals surface area contributed by atoms with E-state index in [9.17, 15) is 19.8 Å². The third-order valence-electron chi connectivity index (χ3n) is 6.98. The molecule has 0 saturated carbocycles. The molecule has 1 amide bonds. The first-order valence-electron chi connectivity index (χ1n) is 12.2. The van der Waals surface area contributed by atoms with Crippen LogP contribution in [0.3, 0.4) is 0 Å². The van der Waals surface area contributed by atoms with E-state index < -0.39 is 17.7 Å². The summed E-state index contributed by atoms with van der Waals surface area (Å²) in [5.41, 5.74) is 3.86. The number of aromatic nitrogens is 1. The van der Waals surface area contributed by atoms with Gasteiger partial charge in [-0.1, -0.05) is 35.9 Å². The predicted molar refractivity (Wildman–Crippen MR) is 143 cm³/mol. The van der Waals surface area contributed by atoms with Crippen LogP contribution < -0.4 is 9.47 Å². The highest BCUT2D eigenvalue weighted by Gasteiger charge is 2.46. The highest BCUT2D eigenvalue weighted by atomic mass is 16.5. The number of aryl methyl sites for hydroxylation is 1. The number of nitrogens with one attached hydrogen (secondary N) is 1. The van der Waals surface area contributed by atoms with Crippen LogP contribution in [-0.4, -0.2) is 52.6 Å². The molecular weight excluding hydrogens is 484 g/mol. The first-order valence-corrected chi connectivity index (χ1v) is 12.2. The van der Waals surface area contributed by atoms with Crippen molar-refractivity contribution in [2.75, 3.05) is 20.8 Å². The van der Waals surface area contributed by atoms with Crippen LogP contribution in [0.5, 0.6) is 17.2 Å². The molecule has 0 aliphatic carbocycles. The molecule has 2 heterocycles. The second-order valence-electron chi connectivity index (χ2n) is 9.27. The number of H-pyrrole nitrogens is 1. The van der Waals surface area contributed by atoms with Gasteiger partial charge in [0.2, 0.25) is 0 Å². The van der Waals surface area contributed by atoms with Gasteiger partial charge in [0.15, 0.2) is 11.5 Å². The van der Waals surface area contributed by atoms with Crippen molar-refractivity contribution in [1.82, 2.24) is 9.88 Å². The number of hydrogen-bond acceptors (Lipinski definition) is 6. The van der Waals surface area contributed by atoms with Gasteiger partial charge in [-0.25, -0.2) is 0 Å². The summed E-state index contributed by atoms with van der Waals surface area (Å²) >= 11 is 0. The minimum Gasteiger partial charge on any atom is -0.507 e. The molecule has 194 valence electrons. The molecule has 3 aromatic carbocycles. The van der Waals surface area contributed by atoms with E-state index in [1.807, 2.05) is 43.5 Å². The molecule has 1 atom stereocenters. The number of aliphatic hydroxyl groups excluding tert-OH is 1. The Morgan fingerprint density at radius 3 is 2.47 bits per heavy atom. The van der Waals surface area contributed by atoms with Gasteiger partial charge in [-0.3, -0.25) is 9.59 Å². The number of aliphatic hydroxyl groups is 1.